The number of carbonyl (C=O) groups excluding carboxylic acids is 3. The Balaban J connectivity index is 1.40. The topological polar surface area (TPSA) is 129 Å². The van der Waals surface area contributed by atoms with Crippen LogP contribution in [0.4, 0.5) is 0 Å². The molecule has 5 aliphatic heterocycles. The van der Waals surface area contributed by atoms with Crippen molar-refractivity contribution in [2.24, 2.45) is 34.5 Å². The van der Waals surface area contributed by atoms with E-state index in [0.29, 0.717) is 19.3 Å². The number of carbonyl (C=O) groups is 3. The number of hydrogen-bond acceptors (Lipinski definition) is 9. The van der Waals surface area contributed by atoms with Gasteiger partial charge in [-0.05, 0) is 63.4 Å². The highest BCUT2D eigenvalue weighted by Crippen LogP contribution is 2.76. The quantitative estimate of drug-likeness (QED) is 0.344. The minimum atomic E-state index is -2.05. The van der Waals surface area contributed by atoms with Crippen LogP contribution in [0.3, 0.4) is 0 Å². The summed E-state index contributed by atoms with van der Waals surface area (Å²) in [7, 11) is 0. The molecule has 0 aromatic heterocycles. The molecule has 0 aromatic rings. The lowest BCUT2D eigenvalue weighted by atomic mass is 9.46. The Morgan fingerprint density at radius 1 is 1.08 bits per heavy atom. The summed E-state index contributed by atoms with van der Waals surface area (Å²) in [4.78, 5) is 40.7. The molecule has 10 heteroatoms. The molecule has 13 atom stereocenters. The molecule has 8 aliphatic rings. The summed E-state index contributed by atoms with van der Waals surface area (Å²) in [6.07, 6.45) is 3.97. The third-order valence-corrected chi connectivity index (χ3v) is 13.4. The van der Waals surface area contributed by atoms with Crippen LogP contribution < -0.4 is 0 Å². The summed E-state index contributed by atoms with van der Waals surface area (Å²) in [5.41, 5.74) is -8.42. The summed E-state index contributed by atoms with van der Waals surface area (Å²) in [6.45, 7) is 5.54. The first-order chi connectivity index (χ1) is 17.7. The van der Waals surface area contributed by atoms with Gasteiger partial charge in [0.05, 0.1) is 28.9 Å². The van der Waals surface area contributed by atoms with Crippen molar-refractivity contribution in [2.45, 2.75) is 99.0 Å². The molecule has 5 saturated heterocycles. The summed E-state index contributed by atoms with van der Waals surface area (Å²) < 4.78 is 25.7. The lowest BCUT2D eigenvalue weighted by molar-refractivity contribution is -0.381. The van der Waals surface area contributed by atoms with Gasteiger partial charge in [-0.25, -0.2) is 4.79 Å². The van der Waals surface area contributed by atoms with Gasteiger partial charge in [0.15, 0.2) is 28.4 Å². The average Bonchev–Trinajstić information content (AvgIpc) is 3.25. The van der Waals surface area contributed by atoms with E-state index in [9.17, 15) is 24.6 Å². The zero-order chi connectivity index (χ0) is 26.9. The number of hydrogen-bond donors (Lipinski definition) is 2. The fraction of sp³-hybridized carbons (Fsp3) is 0.821. The Morgan fingerprint density at radius 3 is 2.61 bits per heavy atom. The summed E-state index contributed by atoms with van der Waals surface area (Å²) in [5, 5.41) is 23.6. The predicted octanol–water partition coefficient (Wildman–Crippen LogP) is 1.79. The van der Waals surface area contributed by atoms with E-state index in [0.717, 1.165) is 0 Å². The molecule has 206 valence electrons. The van der Waals surface area contributed by atoms with Crippen LogP contribution in [0.1, 0.15) is 59.3 Å². The molecule has 0 unspecified atom stereocenters. The summed E-state index contributed by atoms with van der Waals surface area (Å²) in [6, 6.07) is 0. The number of esters is 2. The zero-order valence-electron chi connectivity index (χ0n) is 21.7. The van der Waals surface area contributed by atoms with Gasteiger partial charge in [-0.2, -0.15) is 0 Å². The van der Waals surface area contributed by atoms with Gasteiger partial charge in [-0.3, -0.25) is 9.59 Å². The average molecular weight is 549 g/mol. The van der Waals surface area contributed by atoms with E-state index in [-0.39, 0.29) is 31.7 Å². The van der Waals surface area contributed by atoms with E-state index in [1.165, 1.54) is 6.08 Å². The molecule has 3 aliphatic carbocycles. The smallest absolute Gasteiger partial charge is 0.342 e. The van der Waals surface area contributed by atoms with E-state index in [2.05, 4.69) is 0 Å². The van der Waals surface area contributed by atoms with Crippen LogP contribution in [0.5, 0.6) is 0 Å². The predicted molar refractivity (Wildman–Crippen MR) is 128 cm³/mol. The molecular weight excluding hydrogens is 516 g/mol. The normalized spacial score (nSPS) is 63.3. The third-order valence-electron chi connectivity index (χ3n) is 12.9. The molecule has 5 bridgehead atoms. The zero-order valence-corrected chi connectivity index (χ0v) is 22.5. The summed E-state index contributed by atoms with van der Waals surface area (Å²) >= 11 is 6.97. The number of halogens is 1. The Bertz CT molecular complexity index is 1250. The van der Waals surface area contributed by atoms with E-state index in [1.807, 2.05) is 6.92 Å². The molecule has 0 amide bonds. The number of allylic oxidation sites excluding steroid dienone is 1. The van der Waals surface area contributed by atoms with Crippen molar-refractivity contribution in [1.29, 1.82) is 0 Å². The number of ether oxygens (including phenoxy) is 4. The highest BCUT2D eigenvalue weighted by atomic mass is 35.5. The molecule has 2 saturated carbocycles. The largest absolute Gasteiger partial charge is 0.458 e. The van der Waals surface area contributed by atoms with Crippen LogP contribution in [0, 0.1) is 34.5 Å². The second-order valence-corrected chi connectivity index (χ2v) is 14.3. The molecule has 8 rings (SSSR count). The Hall–Kier alpha value is -1.52. The molecule has 0 radical (unpaired) electrons. The number of ketones is 1. The van der Waals surface area contributed by atoms with Crippen molar-refractivity contribution in [3.05, 3.63) is 12.2 Å². The highest BCUT2D eigenvalue weighted by molar-refractivity contribution is 6.22. The van der Waals surface area contributed by atoms with Gasteiger partial charge in [0.1, 0.15) is 6.10 Å². The van der Waals surface area contributed by atoms with Crippen molar-refractivity contribution in [1.82, 2.24) is 0 Å². The van der Waals surface area contributed by atoms with Gasteiger partial charge in [-0.15, -0.1) is 11.6 Å². The molecule has 38 heavy (non-hydrogen) atoms. The van der Waals surface area contributed by atoms with Gasteiger partial charge < -0.3 is 29.2 Å². The molecule has 0 aromatic carbocycles. The van der Waals surface area contributed by atoms with E-state index in [1.54, 1.807) is 19.9 Å². The summed E-state index contributed by atoms with van der Waals surface area (Å²) in [5.74, 6) is -4.74. The van der Waals surface area contributed by atoms with Crippen LogP contribution >= 0.6 is 11.6 Å². The van der Waals surface area contributed by atoms with E-state index >= 15 is 0 Å². The fourth-order valence-corrected chi connectivity index (χ4v) is 11.2. The maximum atomic E-state index is 13.7. The van der Waals surface area contributed by atoms with Crippen LogP contribution in [-0.2, 0) is 33.3 Å². The second-order valence-electron chi connectivity index (χ2n) is 13.8. The lowest BCUT2D eigenvalue weighted by Crippen LogP contribution is -2.79. The van der Waals surface area contributed by atoms with Crippen LogP contribution in [0.2, 0.25) is 0 Å². The Morgan fingerprint density at radius 2 is 1.84 bits per heavy atom. The number of rotatable bonds is 0. The van der Waals surface area contributed by atoms with E-state index in [4.69, 9.17) is 30.5 Å². The molecular formula is C28H33ClO9. The number of fused-ring (bicyclic) bond motifs is 5. The minimum absolute atomic E-state index is 0.0216. The van der Waals surface area contributed by atoms with Crippen molar-refractivity contribution < 1.29 is 43.5 Å². The van der Waals surface area contributed by atoms with Crippen molar-refractivity contribution in [2.75, 3.05) is 6.61 Å². The second kappa shape index (κ2) is 6.51. The number of alkyl halides is 1. The molecule has 5 heterocycles. The van der Waals surface area contributed by atoms with Crippen molar-refractivity contribution >= 4 is 29.3 Å². The minimum Gasteiger partial charge on any atom is -0.458 e. The van der Waals surface area contributed by atoms with Gasteiger partial charge in [0, 0.05) is 18.3 Å². The first-order valence-corrected chi connectivity index (χ1v) is 14.3. The molecule has 7 fully saturated rings. The van der Waals surface area contributed by atoms with Crippen LogP contribution in [0.25, 0.3) is 0 Å². The van der Waals surface area contributed by atoms with E-state index < -0.39 is 86.1 Å². The lowest BCUT2D eigenvalue weighted by Gasteiger charge is -2.65. The monoisotopic (exact) mass is 548 g/mol. The molecule has 2 N–H and O–H groups in total. The van der Waals surface area contributed by atoms with Gasteiger partial charge in [0.2, 0.25) is 0 Å². The van der Waals surface area contributed by atoms with Crippen LogP contribution in [0.15, 0.2) is 12.2 Å². The third kappa shape index (κ3) is 2.11. The van der Waals surface area contributed by atoms with Crippen LogP contribution in [-0.4, -0.2) is 74.2 Å². The van der Waals surface area contributed by atoms with Gasteiger partial charge >= 0.3 is 11.9 Å². The SMILES string of the molecule is C[C@@]12C[C@H]3OC(=O)[C@@H]1CO[C@]14C[C@@H]2[C@]2(O1)[C@@]3(C)OC(=O)[C@@]2(O)CC[C@H]1[C@H]4C[C@@H](Cl)[C@@]2(O)CC=CC(=O)[C@]12C. The maximum Gasteiger partial charge on any atom is 0.342 e. The Labute approximate surface area is 225 Å². The van der Waals surface area contributed by atoms with Gasteiger partial charge in [0.25, 0.3) is 0 Å². The van der Waals surface area contributed by atoms with Crippen molar-refractivity contribution in [3.63, 3.8) is 0 Å². The molecule has 9 nitrogen and oxygen atoms in total. The highest BCUT2D eigenvalue weighted by Gasteiger charge is 2.91. The van der Waals surface area contributed by atoms with Gasteiger partial charge in [-0.1, -0.05) is 13.0 Å². The standard InChI is InChI=1S/C28H33ClO9/c1-22-11-19-24(3)28-16(22)10-27(38-28,35-12-15(22)20(31)36-19)14-9-17(29)25(33)7-4-5-18(30)23(25,2)13(14)6-8-26(28,34)21(32)37-24/h4-5,13-17,19,33-34H,6-12H2,1-3H3/t13-,14+,15-,16-,17+,19+,22+,23-,24-,25-,26-,27+,28-/m0/s1. The number of aliphatic hydroxyl groups is 2. The van der Waals surface area contributed by atoms with Crippen molar-refractivity contribution in [3.8, 4) is 0 Å². The Kier molecular flexibility index (Phi) is 4.16. The first-order valence-electron chi connectivity index (χ1n) is 13.8. The fourth-order valence-electron chi connectivity index (χ4n) is 10.7. The maximum absolute atomic E-state index is 13.7. The first kappa shape index (κ1) is 24.3. The molecule has 2 spiro atoms.